The van der Waals surface area contributed by atoms with E-state index in [2.05, 4.69) is 0 Å². The normalized spacial score (nSPS) is 27.9. The number of allylic oxidation sites excluding steroid dienone is 2. The molecule has 1 aromatic carbocycles. The van der Waals surface area contributed by atoms with Gasteiger partial charge in [-0.1, -0.05) is 12.5 Å². The van der Waals surface area contributed by atoms with Gasteiger partial charge in [-0.25, -0.2) is 8.78 Å². The molecule has 0 spiro atoms. The lowest BCUT2D eigenvalue weighted by Crippen LogP contribution is -2.35. The number of hydrogen-bond donors (Lipinski definition) is 0. The van der Waals surface area contributed by atoms with Crippen LogP contribution in [0.1, 0.15) is 37.7 Å². The van der Waals surface area contributed by atoms with Crippen molar-refractivity contribution in [2.45, 2.75) is 32.1 Å². The SMILES string of the molecule is CC(=O)/C=C/[C@@H]1CCCC2c3c(F)ccc(F)c3OCC21. The van der Waals surface area contributed by atoms with Crippen LogP contribution in [0.3, 0.4) is 0 Å². The van der Waals surface area contributed by atoms with Crippen LogP contribution in [0.4, 0.5) is 8.78 Å². The fourth-order valence-corrected chi connectivity index (χ4v) is 3.62. The summed E-state index contributed by atoms with van der Waals surface area (Å²) in [6, 6.07) is 2.29. The van der Waals surface area contributed by atoms with Gasteiger partial charge in [-0.15, -0.1) is 0 Å². The number of carbonyl (C=O) groups is 1. The molecule has 0 amide bonds. The van der Waals surface area contributed by atoms with E-state index in [4.69, 9.17) is 4.74 Å². The third kappa shape index (κ3) is 2.59. The highest BCUT2D eigenvalue weighted by atomic mass is 19.1. The summed E-state index contributed by atoms with van der Waals surface area (Å²) in [5.41, 5.74) is 0.382. The van der Waals surface area contributed by atoms with Gasteiger partial charge in [0.05, 0.1) is 6.61 Å². The fourth-order valence-electron chi connectivity index (χ4n) is 3.62. The smallest absolute Gasteiger partial charge is 0.165 e. The van der Waals surface area contributed by atoms with Crippen molar-refractivity contribution in [1.29, 1.82) is 0 Å². The Labute approximate surface area is 122 Å². The van der Waals surface area contributed by atoms with E-state index in [1.807, 2.05) is 6.08 Å². The van der Waals surface area contributed by atoms with Crippen molar-refractivity contribution in [3.63, 3.8) is 0 Å². The highest BCUT2D eigenvalue weighted by Gasteiger charge is 2.40. The molecular formula is C17H18F2O2. The van der Waals surface area contributed by atoms with Gasteiger partial charge in [-0.05, 0) is 49.8 Å². The van der Waals surface area contributed by atoms with Gasteiger partial charge < -0.3 is 4.74 Å². The lowest BCUT2D eigenvalue weighted by molar-refractivity contribution is -0.112. The van der Waals surface area contributed by atoms with E-state index in [1.54, 1.807) is 6.08 Å². The second kappa shape index (κ2) is 5.58. The maximum absolute atomic E-state index is 14.1. The molecule has 1 fully saturated rings. The van der Waals surface area contributed by atoms with Crippen LogP contribution in [-0.2, 0) is 4.79 Å². The zero-order valence-electron chi connectivity index (χ0n) is 11.9. The number of hydrogen-bond acceptors (Lipinski definition) is 2. The second-order valence-electron chi connectivity index (χ2n) is 5.92. The molecule has 3 atom stereocenters. The Morgan fingerprint density at radius 3 is 2.81 bits per heavy atom. The summed E-state index contributed by atoms with van der Waals surface area (Å²) in [7, 11) is 0. The molecule has 21 heavy (non-hydrogen) atoms. The maximum atomic E-state index is 14.1. The van der Waals surface area contributed by atoms with Crippen LogP contribution >= 0.6 is 0 Å². The van der Waals surface area contributed by atoms with Crippen molar-refractivity contribution >= 4 is 5.78 Å². The Hall–Kier alpha value is -1.71. The molecule has 0 N–H and O–H groups in total. The molecule has 1 saturated carbocycles. The Bertz CT molecular complexity index is 595. The number of ketones is 1. The summed E-state index contributed by atoms with van der Waals surface area (Å²) >= 11 is 0. The third-order valence-electron chi connectivity index (χ3n) is 4.58. The van der Waals surface area contributed by atoms with Gasteiger partial charge in [0.1, 0.15) is 5.82 Å². The van der Waals surface area contributed by atoms with Crippen LogP contribution < -0.4 is 4.74 Å². The van der Waals surface area contributed by atoms with Gasteiger partial charge in [-0.3, -0.25) is 4.79 Å². The van der Waals surface area contributed by atoms with Crippen molar-refractivity contribution in [1.82, 2.24) is 0 Å². The van der Waals surface area contributed by atoms with E-state index in [1.165, 1.54) is 13.0 Å². The Morgan fingerprint density at radius 1 is 1.29 bits per heavy atom. The molecule has 0 aromatic heterocycles. The lowest BCUT2D eigenvalue weighted by Gasteiger charge is -2.41. The van der Waals surface area contributed by atoms with Gasteiger partial charge in [0, 0.05) is 11.5 Å². The number of halogens is 2. The van der Waals surface area contributed by atoms with Gasteiger partial charge in [-0.2, -0.15) is 0 Å². The van der Waals surface area contributed by atoms with Crippen molar-refractivity contribution in [2.75, 3.05) is 6.61 Å². The van der Waals surface area contributed by atoms with Crippen molar-refractivity contribution < 1.29 is 18.3 Å². The predicted octanol–water partition coefficient (Wildman–Crippen LogP) is 4.00. The number of fused-ring (bicyclic) bond motifs is 3. The summed E-state index contributed by atoms with van der Waals surface area (Å²) < 4.78 is 33.5. The summed E-state index contributed by atoms with van der Waals surface area (Å²) in [6.07, 6.45) is 6.23. The molecule has 3 rings (SSSR count). The minimum Gasteiger partial charge on any atom is -0.490 e. The standard InChI is InChI=1S/C17H18F2O2/c1-10(20)5-6-11-3-2-4-12-13(11)9-21-17-15(19)8-7-14(18)16(12)17/h5-8,11-13H,2-4,9H2,1H3/b6-5+/t11-,12?,13?/m0/s1. The van der Waals surface area contributed by atoms with Gasteiger partial charge in [0.2, 0.25) is 0 Å². The first-order chi connectivity index (χ1) is 10.1. The summed E-state index contributed by atoms with van der Waals surface area (Å²) in [5, 5.41) is 0. The Balaban J connectivity index is 1.95. The predicted molar refractivity (Wildman–Crippen MR) is 75.2 cm³/mol. The van der Waals surface area contributed by atoms with E-state index in [9.17, 15) is 13.6 Å². The summed E-state index contributed by atoms with van der Waals surface area (Å²) in [6.45, 7) is 1.89. The minimum absolute atomic E-state index is 0.00600. The lowest BCUT2D eigenvalue weighted by atomic mass is 9.68. The second-order valence-corrected chi connectivity index (χ2v) is 5.92. The molecule has 1 aliphatic heterocycles. The molecule has 2 aliphatic rings. The largest absolute Gasteiger partial charge is 0.490 e. The zero-order chi connectivity index (χ0) is 15.0. The van der Waals surface area contributed by atoms with Crippen LogP contribution in [0.5, 0.6) is 5.75 Å². The van der Waals surface area contributed by atoms with E-state index in [0.29, 0.717) is 12.2 Å². The molecule has 1 aliphatic carbocycles. The first-order valence-corrected chi connectivity index (χ1v) is 7.37. The van der Waals surface area contributed by atoms with Crippen molar-refractivity contribution in [2.24, 2.45) is 11.8 Å². The average molecular weight is 292 g/mol. The molecule has 1 aromatic rings. The summed E-state index contributed by atoms with van der Waals surface area (Å²) in [4.78, 5) is 11.1. The third-order valence-corrected chi connectivity index (χ3v) is 4.58. The molecule has 0 bridgehead atoms. The molecular weight excluding hydrogens is 274 g/mol. The van der Waals surface area contributed by atoms with Crippen LogP contribution in [0.25, 0.3) is 0 Å². The van der Waals surface area contributed by atoms with Crippen molar-refractivity contribution in [3.05, 3.63) is 41.5 Å². The zero-order valence-corrected chi connectivity index (χ0v) is 11.9. The monoisotopic (exact) mass is 292 g/mol. The van der Waals surface area contributed by atoms with E-state index in [-0.39, 0.29) is 29.3 Å². The molecule has 2 nitrogen and oxygen atoms in total. The molecule has 112 valence electrons. The highest BCUT2D eigenvalue weighted by molar-refractivity contribution is 5.87. The first-order valence-electron chi connectivity index (χ1n) is 7.37. The first kappa shape index (κ1) is 14.2. The average Bonchev–Trinajstić information content (AvgIpc) is 2.48. The van der Waals surface area contributed by atoms with Gasteiger partial charge in [0.15, 0.2) is 17.3 Å². The van der Waals surface area contributed by atoms with Gasteiger partial charge >= 0.3 is 0 Å². The molecule has 0 radical (unpaired) electrons. The molecule has 2 unspecified atom stereocenters. The number of rotatable bonds is 2. The molecule has 4 heteroatoms. The topological polar surface area (TPSA) is 26.3 Å². The van der Waals surface area contributed by atoms with E-state index < -0.39 is 11.6 Å². The van der Waals surface area contributed by atoms with Crippen LogP contribution in [0.2, 0.25) is 0 Å². The number of carbonyl (C=O) groups excluding carboxylic acids is 1. The Morgan fingerprint density at radius 2 is 2.05 bits per heavy atom. The van der Waals surface area contributed by atoms with Gasteiger partial charge in [0.25, 0.3) is 0 Å². The summed E-state index contributed by atoms with van der Waals surface area (Å²) in [5.74, 6) is -0.538. The quantitative estimate of drug-likeness (QED) is 0.770. The molecule has 0 saturated heterocycles. The van der Waals surface area contributed by atoms with Crippen LogP contribution in [-0.4, -0.2) is 12.4 Å². The maximum Gasteiger partial charge on any atom is 0.165 e. The van der Waals surface area contributed by atoms with Crippen LogP contribution in [0, 0.1) is 23.5 Å². The van der Waals surface area contributed by atoms with E-state index in [0.717, 1.165) is 25.3 Å². The highest BCUT2D eigenvalue weighted by Crippen LogP contribution is 2.49. The van der Waals surface area contributed by atoms with E-state index >= 15 is 0 Å². The van der Waals surface area contributed by atoms with Crippen LogP contribution in [0.15, 0.2) is 24.3 Å². The number of ether oxygens (including phenoxy) is 1. The Kier molecular flexibility index (Phi) is 3.79. The number of benzene rings is 1. The van der Waals surface area contributed by atoms with Crippen molar-refractivity contribution in [3.8, 4) is 5.75 Å². The fraction of sp³-hybridized carbons (Fsp3) is 0.471. The minimum atomic E-state index is -0.494. The molecule has 1 heterocycles.